The van der Waals surface area contributed by atoms with Crippen LogP contribution < -0.4 is 26.0 Å². The maximum absolute atomic E-state index is 13.8. The van der Waals surface area contributed by atoms with Gasteiger partial charge in [0, 0.05) is 23.3 Å². The Morgan fingerprint density at radius 2 is 1.79 bits per heavy atom. The van der Waals surface area contributed by atoms with Gasteiger partial charge in [-0.25, -0.2) is 0 Å². The summed E-state index contributed by atoms with van der Waals surface area (Å²) in [6.07, 6.45) is 3.95. The minimum atomic E-state index is -0.904. The highest BCUT2D eigenvalue weighted by atomic mass is 35.5. The lowest BCUT2D eigenvalue weighted by atomic mass is 10.1. The summed E-state index contributed by atoms with van der Waals surface area (Å²) >= 11 is 6.91. The first kappa shape index (κ1) is 27.4. The molecule has 4 rings (SSSR count). The zero-order valence-corrected chi connectivity index (χ0v) is 22.8. The van der Waals surface area contributed by atoms with Crippen LogP contribution in [0, 0.1) is 0 Å². The average Bonchev–Trinajstić information content (AvgIpc) is 3.58. The Kier molecular flexibility index (Phi) is 8.85. The van der Waals surface area contributed by atoms with Crippen molar-refractivity contribution in [1.29, 1.82) is 0 Å². The minimum absolute atomic E-state index is 0.000279. The summed E-state index contributed by atoms with van der Waals surface area (Å²) in [7, 11) is 1.59. The quantitative estimate of drug-likeness (QED) is 0.359. The van der Waals surface area contributed by atoms with Gasteiger partial charge in [-0.05, 0) is 73.3 Å². The van der Waals surface area contributed by atoms with Gasteiger partial charge in [0.2, 0.25) is 5.91 Å². The maximum atomic E-state index is 13.8. The number of anilines is 2. The molecule has 0 unspecified atom stereocenters. The number of carbonyl (C=O) groups excluding carboxylic acids is 3. The Labute approximate surface area is 230 Å². The molecule has 11 heteroatoms. The Hall–Kier alpha value is -3.63. The van der Waals surface area contributed by atoms with Crippen molar-refractivity contribution in [3.8, 4) is 5.75 Å². The van der Waals surface area contributed by atoms with Crippen LogP contribution in [-0.4, -0.2) is 41.3 Å². The highest BCUT2D eigenvalue weighted by Crippen LogP contribution is 2.29. The van der Waals surface area contributed by atoms with Crippen LogP contribution in [-0.2, 0) is 11.3 Å². The van der Waals surface area contributed by atoms with E-state index < -0.39 is 17.9 Å². The van der Waals surface area contributed by atoms with E-state index in [0.29, 0.717) is 16.5 Å². The van der Waals surface area contributed by atoms with Gasteiger partial charge in [-0.3, -0.25) is 19.3 Å². The summed E-state index contributed by atoms with van der Waals surface area (Å²) < 4.78 is 9.36. The molecule has 4 N–H and O–H groups in total. The fourth-order valence-corrected chi connectivity index (χ4v) is 5.23. The topological polar surface area (TPSA) is 127 Å². The molecular formula is C27H30ClN5O4S. The first-order valence-corrected chi connectivity index (χ1v) is 13.5. The standard InChI is InChI=1S/C27H30ClN5O4S/c1-16(25(34)30-15-17-7-13-21(37-2)14-8-17)33(20-11-9-18(28)10-12-20)27(36)24-22(29)23(32-38-24)26(35)31-19-5-3-4-6-19/h7-14,16,19H,3-6,15,29H2,1-2H3,(H,30,34)(H,31,35)/t16-/m1/s1. The number of halogens is 1. The van der Waals surface area contributed by atoms with Crippen molar-refractivity contribution in [3.63, 3.8) is 0 Å². The SMILES string of the molecule is COc1ccc(CNC(=O)[C@@H](C)N(C(=O)c2snc(C(=O)NC3CCCC3)c2N)c2ccc(Cl)cc2)cc1. The second-order valence-electron chi connectivity index (χ2n) is 9.12. The van der Waals surface area contributed by atoms with Gasteiger partial charge in [-0.2, -0.15) is 4.37 Å². The van der Waals surface area contributed by atoms with Crippen LogP contribution in [0.5, 0.6) is 5.75 Å². The number of ether oxygens (including phenoxy) is 1. The molecule has 1 saturated carbocycles. The summed E-state index contributed by atoms with van der Waals surface area (Å²) in [5.41, 5.74) is 7.62. The Balaban J connectivity index is 1.55. The van der Waals surface area contributed by atoms with Crippen molar-refractivity contribution in [2.45, 2.75) is 51.2 Å². The first-order valence-electron chi connectivity index (χ1n) is 12.3. The van der Waals surface area contributed by atoms with Gasteiger partial charge in [0.15, 0.2) is 5.69 Å². The molecular weight excluding hydrogens is 526 g/mol. The van der Waals surface area contributed by atoms with Gasteiger partial charge >= 0.3 is 0 Å². The van der Waals surface area contributed by atoms with Crippen LogP contribution >= 0.6 is 23.1 Å². The fourth-order valence-electron chi connectivity index (χ4n) is 4.36. The predicted molar refractivity (Wildman–Crippen MR) is 149 cm³/mol. The summed E-state index contributed by atoms with van der Waals surface area (Å²) in [5.74, 6) is -0.583. The third-order valence-corrected chi connectivity index (χ3v) is 7.65. The molecule has 200 valence electrons. The molecule has 9 nitrogen and oxygen atoms in total. The number of hydrogen-bond acceptors (Lipinski definition) is 7. The van der Waals surface area contributed by atoms with E-state index in [-0.39, 0.29) is 34.8 Å². The number of nitrogen functional groups attached to an aromatic ring is 1. The van der Waals surface area contributed by atoms with E-state index in [1.807, 2.05) is 24.3 Å². The van der Waals surface area contributed by atoms with E-state index in [1.165, 1.54) is 4.90 Å². The van der Waals surface area contributed by atoms with Crippen molar-refractivity contribution < 1.29 is 19.1 Å². The van der Waals surface area contributed by atoms with Crippen LogP contribution in [0.2, 0.25) is 5.02 Å². The molecule has 1 fully saturated rings. The molecule has 1 aliphatic rings. The van der Waals surface area contributed by atoms with Crippen LogP contribution in [0.15, 0.2) is 48.5 Å². The lowest BCUT2D eigenvalue weighted by Gasteiger charge is -2.28. The molecule has 0 aliphatic heterocycles. The maximum Gasteiger partial charge on any atom is 0.273 e. The average molecular weight is 556 g/mol. The number of rotatable bonds is 9. The van der Waals surface area contributed by atoms with Gasteiger partial charge in [-0.1, -0.05) is 36.6 Å². The molecule has 1 aromatic heterocycles. The number of nitrogens with one attached hydrogen (secondary N) is 2. The van der Waals surface area contributed by atoms with Crippen molar-refractivity contribution in [2.24, 2.45) is 0 Å². The van der Waals surface area contributed by atoms with Crippen molar-refractivity contribution in [3.05, 3.63) is 69.7 Å². The number of benzene rings is 2. The fraction of sp³-hybridized carbons (Fsp3) is 0.333. The monoisotopic (exact) mass is 555 g/mol. The number of methoxy groups -OCH3 is 1. The third kappa shape index (κ3) is 6.25. The van der Waals surface area contributed by atoms with Crippen LogP contribution in [0.4, 0.5) is 11.4 Å². The first-order chi connectivity index (χ1) is 18.3. The Bertz CT molecular complexity index is 1290. The Morgan fingerprint density at radius 1 is 1.13 bits per heavy atom. The summed E-state index contributed by atoms with van der Waals surface area (Å²) in [6, 6.07) is 13.1. The molecule has 0 spiro atoms. The van der Waals surface area contributed by atoms with Gasteiger partial charge in [-0.15, -0.1) is 0 Å². The molecule has 2 aromatic carbocycles. The second kappa shape index (κ2) is 12.3. The highest BCUT2D eigenvalue weighted by Gasteiger charge is 2.33. The van der Waals surface area contributed by atoms with Crippen LogP contribution in [0.3, 0.4) is 0 Å². The minimum Gasteiger partial charge on any atom is -0.497 e. The number of carbonyl (C=O) groups is 3. The second-order valence-corrected chi connectivity index (χ2v) is 10.3. The molecule has 0 saturated heterocycles. The normalized spacial score (nSPS) is 14.1. The van der Waals surface area contributed by atoms with E-state index in [4.69, 9.17) is 22.1 Å². The number of nitrogens with two attached hydrogens (primary N) is 1. The van der Waals surface area contributed by atoms with E-state index in [0.717, 1.165) is 42.8 Å². The van der Waals surface area contributed by atoms with Crippen LogP contribution in [0.25, 0.3) is 0 Å². The van der Waals surface area contributed by atoms with Gasteiger partial charge < -0.3 is 21.1 Å². The van der Waals surface area contributed by atoms with Crippen molar-refractivity contribution in [1.82, 2.24) is 15.0 Å². The summed E-state index contributed by atoms with van der Waals surface area (Å²) in [4.78, 5) is 41.2. The lowest BCUT2D eigenvalue weighted by Crippen LogP contribution is -2.48. The van der Waals surface area contributed by atoms with Gasteiger partial charge in [0.1, 0.15) is 16.7 Å². The zero-order valence-electron chi connectivity index (χ0n) is 21.2. The molecule has 1 aliphatic carbocycles. The summed E-state index contributed by atoms with van der Waals surface area (Å²) in [5, 5.41) is 6.31. The molecule has 1 atom stereocenters. The lowest BCUT2D eigenvalue weighted by molar-refractivity contribution is -0.122. The summed E-state index contributed by atoms with van der Waals surface area (Å²) in [6.45, 7) is 1.89. The van der Waals surface area contributed by atoms with Crippen molar-refractivity contribution >= 4 is 52.2 Å². The number of hydrogen-bond donors (Lipinski definition) is 3. The number of amides is 3. The smallest absolute Gasteiger partial charge is 0.273 e. The van der Waals surface area contributed by atoms with E-state index >= 15 is 0 Å². The van der Waals surface area contributed by atoms with Crippen molar-refractivity contribution in [2.75, 3.05) is 17.7 Å². The molecule has 0 bridgehead atoms. The zero-order chi connectivity index (χ0) is 27.2. The number of nitrogens with zero attached hydrogens (tertiary/aromatic N) is 2. The van der Waals surface area contributed by atoms with E-state index in [1.54, 1.807) is 38.3 Å². The predicted octanol–water partition coefficient (Wildman–Crippen LogP) is 4.41. The molecule has 3 aromatic rings. The van der Waals surface area contributed by atoms with Gasteiger partial charge in [0.05, 0.1) is 12.8 Å². The molecule has 3 amide bonds. The number of aromatic nitrogens is 1. The Morgan fingerprint density at radius 3 is 2.42 bits per heavy atom. The highest BCUT2D eigenvalue weighted by molar-refractivity contribution is 7.09. The molecule has 1 heterocycles. The largest absolute Gasteiger partial charge is 0.497 e. The third-order valence-electron chi connectivity index (χ3n) is 6.54. The van der Waals surface area contributed by atoms with Gasteiger partial charge in [0.25, 0.3) is 11.8 Å². The van der Waals surface area contributed by atoms with Crippen LogP contribution in [0.1, 0.15) is 58.3 Å². The molecule has 0 radical (unpaired) electrons. The molecule has 38 heavy (non-hydrogen) atoms. The van der Waals surface area contributed by atoms with E-state index in [9.17, 15) is 14.4 Å². The van der Waals surface area contributed by atoms with E-state index in [2.05, 4.69) is 15.0 Å².